The van der Waals surface area contributed by atoms with Gasteiger partial charge in [0.05, 0.1) is 12.6 Å². The maximum absolute atomic E-state index is 11.1. The Bertz CT molecular complexity index is 483. The number of amides is 1. The molecule has 2 rings (SSSR count). The number of primary amides is 1. The van der Waals surface area contributed by atoms with E-state index in [1.165, 1.54) is 6.20 Å². The zero-order valence-electron chi connectivity index (χ0n) is 11.1. The molecule has 0 radical (unpaired) electrons. The smallest absolute Gasteiger partial charge is 0.254 e. The van der Waals surface area contributed by atoms with E-state index >= 15 is 0 Å². The van der Waals surface area contributed by atoms with Crippen LogP contribution in [0.15, 0.2) is 6.20 Å². The monoisotopic (exact) mass is 282 g/mol. The van der Waals surface area contributed by atoms with Gasteiger partial charge in [-0.1, -0.05) is 0 Å². The number of hydrogen-bond donors (Lipinski definition) is 5. The molecule has 0 bridgehead atoms. The highest BCUT2D eigenvalue weighted by atomic mass is 16.5. The highest BCUT2D eigenvalue weighted by molar-refractivity contribution is 5.97. The van der Waals surface area contributed by atoms with Gasteiger partial charge in [0.25, 0.3) is 5.91 Å². The Morgan fingerprint density at radius 1 is 1.55 bits per heavy atom. The third kappa shape index (κ3) is 3.13. The minimum atomic E-state index is -0.715. The van der Waals surface area contributed by atoms with Gasteiger partial charge in [0.15, 0.2) is 5.82 Å². The standard InChI is InChI=1S/C11H18N6O3/c1-13-8-5-20-3-2-7(8)15-11-14-4-6(9(12)18)10(16-11)17-19/h4,7-8,13,19H,2-3,5H2,1H3,(H2,12,18)(H2,14,15,16,17). The van der Waals surface area contributed by atoms with E-state index in [1.807, 2.05) is 12.5 Å². The fourth-order valence-electron chi connectivity index (χ4n) is 2.08. The quantitative estimate of drug-likeness (QED) is 0.441. The second-order valence-electron chi connectivity index (χ2n) is 4.44. The lowest BCUT2D eigenvalue weighted by Gasteiger charge is -2.31. The van der Waals surface area contributed by atoms with E-state index in [4.69, 9.17) is 15.7 Å². The zero-order chi connectivity index (χ0) is 14.5. The summed E-state index contributed by atoms with van der Waals surface area (Å²) in [5, 5.41) is 15.3. The number of carbonyl (C=O) groups excluding carboxylic acids is 1. The van der Waals surface area contributed by atoms with Gasteiger partial charge in [-0.3, -0.25) is 15.5 Å². The molecule has 1 saturated heterocycles. The molecule has 0 aromatic carbocycles. The molecule has 1 amide bonds. The molecule has 2 atom stereocenters. The van der Waals surface area contributed by atoms with E-state index in [0.29, 0.717) is 19.2 Å². The summed E-state index contributed by atoms with van der Waals surface area (Å²) in [5.41, 5.74) is 7.02. The van der Waals surface area contributed by atoms with Gasteiger partial charge in [-0.25, -0.2) is 4.98 Å². The molecule has 20 heavy (non-hydrogen) atoms. The summed E-state index contributed by atoms with van der Waals surface area (Å²) in [4.78, 5) is 19.2. The fraction of sp³-hybridized carbons (Fsp3) is 0.545. The van der Waals surface area contributed by atoms with Crippen LogP contribution in [-0.4, -0.2) is 53.4 Å². The molecule has 1 aliphatic rings. The molecule has 6 N–H and O–H groups in total. The van der Waals surface area contributed by atoms with Crippen LogP contribution >= 0.6 is 0 Å². The van der Waals surface area contributed by atoms with Crippen LogP contribution in [0, 0.1) is 0 Å². The molecule has 1 aliphatic heterocycles. The van der Waals surface area contributed by atoms with Crippen molar-refractivity contribution in [2.45, 2.75) is 18.5 Å². The molecular weight excluding hydrogens is 264 g/mol. The Balaban J connectivity index is 2.14. The highest BCUT2D eigenvalue weighted by Crippen LogP contribution is 2.16. The minimum absolute atomic E-state index is 0.0233. The van der Waals surface area contributed by atoms with Crippen LogP contribution in [0.1, 0.15) is 16.8 Å². The van der Waals surface area contributed by atoms with Crippen LogP contribution in [0.5, 0.6) is 0 Å². The average molecular weight is 282 g/mol. The summed E-state index contributed by atoms with van der Waals surface area (Å²) >= 11 is 0. The first-order valence-electron chi connectivity index (χ1n) is 6.24. The molecule has 0 aliphatic carbocycles. The van der Waals surface area contributed by atoms with E-state index in [-0.39, 0.29) is 23.5 Å². The van der Waals surface area contributed by atoms with Gasteiger partial charge in [0.2, 0.25) is 5.95 Å². The Kier molecular flexibility index (Phi) is 4.66. The number of nitrogens with one attached hydrogen (secondary N) is 3. The number of likely N-dealkylation sites (N-methyl/N-ethyl adjacent to an activating group) is 1. The molecule has 1 fully saturated rings. The average Bonchev–Trinajstić information content (AvgIpc) is 2.47. The van der Waals surface area contributed by atoms with Crippen LogP contribution in [-0.2, 0) is 4.74 Å². The lowest BCUT2D eigenvalue weighted by atomic mass is 10.0. The number of hydrogen-bond acceptors (Lipinski definition) is 8. The van der Waals surface area contributed by atoms with Crippen molar-refractivity contribution in [1.29, 1.82) is 0 Å². The SMILES string of the molecule is CNC1COCCC1Nc1ncc(C(N)=O)c(NO)n1. The molecule has 9 nitrogen and oxygen atoms in total. The van der Waals surface area contributed by atoms with Gasteiger partial charge in [-0.05, 0) is 13.5 Å². The van der Waals surface area contributed by atoms with E-state index in [2.05, 4.69) is 20.6 Å². The number of anilines is 2. The summed E-state index contributed by atoms with van der Waals surface area (Å²) in [6, 6.07) is 0.230. The van der Waals surface area contributed by atoms with E-state index < -0.39 is 5.91 Å². The van der Waals surface area contributed by atoms with Crippen LogP contribution in [0.2, 0.25) is 0 Å². The number of nitrogens with zero attached hydrogens (tertiary/aromatic N) is 2. The number of aromatic nitrogens is 2. The van der Waals surface area contributed by atoms with Gasteiger partial charge in [0.1, 0.15) is 5.56 Å². The molecule has 2 heterocycles. The third-order valence-electron chi connectivity index (χ3n) is 3.20. The van der Waals surface area contributed by atoms with Crippen molar-refractivity contribution < 1.29 is 14.7 Å². The first-order valence-corrected chi connectivity index (χ1v) is 6.24. The second kappa shape index (κ2) is 6.46. The number of rotatable bonds is 5. The summed E-state index contributed by atoms with van der Waals surface area (Å²) < 4.78 is 5.38. The lowest BCUT2D eigenvalue weighted by molar-refractivity contribution is 0.0656. The van der Waals surface area contributed by atoms with E-state index in [1.54, 1.807) is 0 Å². The van der Waals surface area contributed by atoms with Crippen molar-refractivity contribution in [3.05, 3.63) is 11.8 Å². The van der Waals surface area contributed by atoms with Crippen LogP contribution in [0.4, 0.5) is 11.8 Å². The maximum atomic E-state index is 11.1. The molecule has 0 saturated carbocycles. The van der Waals surface area contributed by atoms with Crippen LogP contribution in [0.25, 0.3) is 0 Å². The third-order valence-corrected chi connectivity index (χ3v) is 3.20. The minimum Gasteiger partial charge on any atom is -0.380 e. The van der Waals surface area contributed by atoms with Crippen LogP contribution < -0.4 is 21.8 Å². The van der Waals surface area contributed by atoms with Gasteiger partial charge >= 0.3 is 0 Å². The number of ether oxygens (including phenoxy) is 1. The summed E-state index contributed by atoms with van der Waals surface area (Å²) in [7, 11) is 1.85. The number of nitrogens with two attached hydrogens (primary N) is 1. The van der Waals surface area contributed by atoms with Gasteiger partial charge in [0, 0.05) is 18.8 Å². The Hall–Kier alpha value is -1.97. The Morgan fingerprint density at radius 2 is 2.35 bits per heavy atom. The second-order valence-corrected chi connectivity index (χ2v) is 4.44. The van der Waals surface area contributed by atoms with Crippen molar-refractivity contribution in [3.8, 4) is 0 Å². The molecule has 1 aromatic rings. The molecule has 9 heteroatoms. The molecular formula is C11H18N6O3. The zero-order valence-corrected chi connectivity index (χ0v) is 11.1. The van der Waals surface area contributed by atoms with Crippen molar-refractivity contribution in [2.75, 3.05) is 31.1 Å². The normalized spacial score (nSPS) is 22.3. The fourth-order valence-corrected chi connectivity index (χ4v) is 2.08. The van der Waals surface area contributed by atoms with E-state index in [9.17, 15) is 4.79 Å². The molecule has 0 spiro atoms. The lowest BCUT2D eigenvalue weighted by Crippen LogP contribution is -2.49. The van der Waals surface area contributed by atoms with Crippen molar-refractivity contribution in [3.63, 3.8) is 0 Å². The first-order chi connectivity index (χ1) is 9.65. The van der Waals surface area contributed by atoms with Gasteiger partial charge in [-0.2, -0.15) is 4.98 Å². The predicted octanol–water partition coefficient (Wildman–Crippen LogP) is -0.835. The topological polar surface area (TPSA) is 134 Å². The Labute approximate surface area is 115 Å². The van der Waals surface area contributed by atoms with Crippen LogP contribution in [0.3, 0.4) is 0 Å². The van der Waals surface area contributed by atoms with E-state index in [0.717, 1.165) is 6.42 Å². The number of carbonyl (C=O) groups is 1. The first kappa shape index (κ1) is 14.4. The van der Waals surface area contributed by atoms with Crippen molar-refractivity contribution >= 4 is 17.7 Å². The van der Waals surface area contributed by atoms with Crippen molar-refractivity contribution in [1.82, 2.24) is 15.3 Å². The maximum Gasteiger partial charge on any atom is 0.254 e. The molecule has 2 unspecified atom stereocenters. The Morgan fingerprint density at radius 3 is 3.00 bits per heavy atom. The summed E-state index contributed by atoms with van der Waals surface area (Å²) in [5.74, 6) is -0.436. The largest absolute Gasteiger partial charge is 0.380 e. The highest BCUT2D eigenvalue weighted by Gasteiger charge is 2.25. The predicted molar refractivity (Wildman–Crippen MR) is 71.7 cm³/mol. The van der Waals surface area contributed by atoms with Gasteiger partial charge in [-0.15, -0.1) is 0 Å². The summed E-state index contributed by atoms with van der Waals surface area (Å²) in [6.07, 6.45) is 2.07. The molecule has 110 valence electrons. The van der Waals surface area contributed by atoms with Gasteiger partial charge < -0.3 is 21.1 Å². The van der Waals surface area contributed by atoms with Crippen molar-refractivity contribution in [2.24, 2.45) is 5.73 Å². The molecule has 1 aromatic heterocycles. The summed E-state index contributed by atoms with van der Waals surface area (Å²) in [6.45, 7) is 1.25.